The summed E-state index contributed by atoms with van der Waals surface area (Å²) in [6, 6.07) is 3.07. The van der Waals surface area contributed by atoms with Gasteiger partial charge in [0.15, 0.2) is 11.6 Å². The first-order valence-corrected chi connectivity index (χ1v) is 4.99. The van der Waals surface area contributed by atoms with Crippen LogP contribution in [0.25, 0.3) is 0 Å². The molecule has 0 bridgehead atoms. The molecule has 0 unspecified atom stereocenters. The fourth-order valence-corrected chi connectivity index (χ4v) is 1.40. The second kappa shape index (κ2) is 6.80. The van der Waals surface area contributed by atoms with E-state index in [0.29, 0.717) is 5.56 Å². The summed E-state index contributed by atoms with van der Waals surface area (Å²) in [4.78, 5) is 0. The van der Waals surface area contributed by atoms with Crippen molar-refractivity contribution in [2.24, 2.45) is 5.73 Å². The van der Waals surface area contributed by atoms with E-state index in [9.17, 15) is 17.6 Å². The Morgan fingerprint density at radius 2 is 1.94 bits per heavy atom. The summed E-state index contributed by atoms with van der Waals surface area (Å²) in [7, 11) is 1.31. The van der Waals surface area contributed by atoms with Crippen LogP contribution in [0.1, 0.15) is 24.4 Å². The molecule has 0 aliphatic rings. The largest absolute Gasteiger partial charge is 0.494 e. The van der Waals surface area contributed by atoms with E-state index in [1.165, 1.54) is 19.2 Å². The molecule has 0 spiro atoms. The summed E-state index contributed by atoms with van der Waals surface area (Å²) in [6.07, 6.45) is -5.50. The molecule has 1 atom stereocenters. The first kappa shape index (κ1) is 17.0. The third-order valence-electron chi connectivity index (χ3n) is 2.34. The maximum Gasteiger partial charge on any atom is 0.389 e. The fourth-order valence-electron chi connectivity index (χ4n) is 1.40. The Labute approximate surface area is 109 Å². The van der Waals surface area contributed by atoms with E-state index < -0.39 is 24.5 Å². The van der Waals surface area contributed by atoms with Crippen LogP contribution in [0.2, 0.25) is 0 Å². The van der Waals surface area contributed by atoms with Crippen molar-refractivity contribution in [1.29, 1.82) is 0 Å². The van der Waals surface area contributed by atoms with Crippen LogP contribution in [0.3, 0.4) is 0 Å². The topological polar surface area (TPSA) is 35.2 Å². The molecular weight excluding hydrogens is 274 g/mol. The van der Waals surface area contributed by atoms with Gasteiger partial charge in [-0.1, -0.05) is 6.07 Å². The van der Waals surface area contributed by atoms with E-state index >= 15 is 0 Å². The van der Waals surface area contributed by atoms with Gasteiger partial charge in [0, 0.05) is 12.5 Å². The lowest BCUT2D eigenvalue weighted by molar-refractivity contribution is -0.136. The van der Waals surface area contributed by atoms with Crippen molar-refractivity contribution in [3.05, 3.63) is 29.6 Å². The summed E-state index contributed by atoms with van der Waals surface area (Å²) in [5.74, 6) is -0.593. The molecule has 2 N–H and O–H groups in total. The van der Waals surface area contributed by atoms with Crippen molar-refractivity contribution in [3.63, 3.8) is 0 Å². The molecule has 0 heterocycles. The van der Waals surface area contributed by atoms with Crippen LogP contribution in [-0.2, 0) is 0 Å². The summed E-state index contributed by atoms with van der Waals surface area (Å²) < 4.78 is 53.9. The van der Waals surface area contributed by atoms with Crippen LogP contribution in [0.4, 0.5) is 17.6 Å². The van der Waals surface area contributed by atoms with Crippen LogP contribution in [0.5, 0.6) is 5.75 Å². The van der Waals surface area contributed by atoms with E-state index in [1.54, 1.807) is 0 Å². The molecule has 1 rings (SSSR count). The van der Waals surface area contributed by atoms with E-state index in [4.69, 9.17) is 10.5 Å². The van der Waals surface area contributed by atoms with E-state index in [0.717, 1.165) is 6.07 Å². The lowest BCUT2D eigenvalue weighted by atomic mass is 10.0. The summed E-state index contributed by atoms with van der Waals surface area (Å²) in [6.45, 7) is 0. The first-order chi connectivity index (χ1) is 7.83. The van der Waals surface area contributed by atoms with Gasteiger partial charge in [-0.15, -0.1) is 12.4 Å². The van der Waals surface area contributed by atoms with Crippen molar-refractivity contribution in [2.75, 3.05) is 7.11 Å². The summed E-state index contributed by atoms with van der Waals surface area (Å²) in [5, 5.41) is 0. The third-order valence-corrected chi connectivity index (χ3v) is 2.34. The Hall–Kier alpha value is -1.01. The third kappa shape index (κ3) is 5.10. The number of rotatable bonds is 4. The Morgan fingerprint density at radius 1 is 1.33 bits per heavy atom. The average Bonchev–Trinajstić information content (AvgIpc) is 2.24. The molecule has 0 radical (unpaired) electrons. The summed E-state index contributed by atoms with van der Waals surface area (Å²) in [5.41, 5.74) is 5.88. The predicted octanol–water partition coefficient (Wildman–Crippen LogP) is 3.60. The standard InChI is InChI=1S/C11H13F4NO.ClH/c1-17-10-3-2-7(6-8(10)12)9(16)4-5-11(13,14)15;/h2-3,6,9H,4-5,16H2,1H3;1H/t9-;/m1./s1. The molecule has 0 amide bonds. The van der Waals surface area contributed by atoms with Crippen LogP contribution in [0.15, 0.2) is 18.2 Å². The van der Waals surface area contributed by atoms with Gasteiger partial charge >= 0.3 is 6.18 Å². The van der Waals surface area contributed by atoms with Gasteiger partial charge in [0.2, 0.25) is 0 Å². The molecule has 0 aromatic heterocycles. The lowest BCUT2D eigenvalue weighted by Crippen LogP contribution is -2.16. The normalized spacial score (nSPS) is 12.8. The van der Waals surface area contributed by atoms with E-state index in [1.807, 2.05) is 0 Å². The van der Waals surface area contributed by atoms with Crippen LogP contribution >= 0.6 is 12.4 Å². The number of hydrogen-bond donors (Lipinski definition) is 1. The first-order valence-electron chi connectivity index (χ1n) is 4.99. The van der Waals surface area contributed by atoms with Gasteiger partial charge < -0.3 is 10.5 Å². The molecule has 18 heavy (non-hydrogen) atoms. The molecule has 2 nitrogen and oxygen atoms in total. The number of methoxy groups -OCH3 is 1. The zero-order chi connectivity index (χ0) is 13.1. The fraction of sp³-hybridized carbons (Fsp3) is 0.455. The Morgan fingerprint density at radius 3 is 2.39 bits per heavy atom. The predicted molar refractivity (Wildman–Crippen MR) is 62.4 cm³/mol. The molecule has 104 valence electrons. The minimum absolute atomic E-state index is 0. The van der Waals surface area contributed by atoms with Crippen molar-refractivity contribution in [2.45, 2.75) is 25.1 Å². The van der Waals surface area contributed by atoms with E-state index in [2.05, 4.69) is 0 Å². The minimum Gasteiger partial charge on any atom is -0.494 e. The number of nitrogens with two attached hydrogens (primary N) is 1. The summed E-state index contributed by atoms with van der Waals surface area (Å²) >= 11 is 0. The van der Waals surface area contributed by atoms with E-state index in [-0.39, 0.29) is 24.6 Å². The smallest absolute Gasteiger partial charge is 0.389 e. The Bertz CT molecular complexity index is 384. The SMILES string of the molecule is COc1ccc([C@H](N)CCC(F)(F)F)cc1F.Cl. The monoisotopic (exact) mass is 287 g/mol. The highest BCUT2D eigenvalue weighted by Gasteiger charge is 2.27. The highest BCUT2D eigenvalue weighted by Crippen LogP contribution is 2.28. The van der Waals surface area contributed by atoms with Crippen LogP contribution in [0, 0.1) is 5.82 Å². The Balaban J connectivity index is 0.00000289. The second-order valence-electron chi connectivity index (χ2n) is 3.65. The molecule has 7 heteroatoms. The van der Waals surface area contributed by atoms with Gasteiger partial charge in [0.1, 0.15) is 0 Å². The van der Waals surface area contributed by atoms with Crippen molar-refractivity contribution in [3.8, 4) is 5.75 Å². The average molecular weight is 288 g/mol. The number of hydrogen-bond acceptors (Lipinski definition) is 2. The van der Waals surface area contributed by atoms with Crippen LogP contribution in [-0.4, -0.2) is 13.3 Å². The Kier molecular flexibility index (Phi) is 6.42. The van der Waals surface area contributed by atoms with Gasteiger partial charge in [-0.2, -0.15) is 13.2 Å². The number of alkyl halides is 3. The molecule has 0 saturated carbocycles. The van der Waals surface area contributed by atoms with Crippen LogP contribution < -0.4 is 10.5 Å². The number of benzene rings is 1. The molecule has 0 saturated heterocycles. The second-order valence-corrected chi connectivity index (χ2v) is 3.65. The maximum atomic E-state index is 13.3. The molecule has 0 fully saturated rings. The molecule has 0 aliphatic heterocycles. The van der Waals surface area contributed by atoms with Gasteiger partial charge in [-0.05, 0) is 24.1 Å². The highest BCUT2D eigenvalue weighted by molar-refractivity contribution is 5.85. The molecular formula is C11H14ClF4NO. The number of halogens is 5. The van der Waals surface area contributed by atoms with Gasteiger partial charge in [-0.25, -0.2) is 4.39 Å². The lowest BCUT2D eigenvalue weighted by Gasteiger charge is -2.14. The maximum absolute atomic E-state index is 13.3. The van der Waals surface area contributed by atoms with Crippen molar-refractivity contribution >= 4 is 12.4 Å². The zero-order valence-corrected chi connectivity index (χ0v) is 10.4. The van der Waals surface area contributed by atoms with Gasteiger partial charge in [0.25, 0.3) is 0 Å². The van der Waals surface area contributed by atoms with Crippen molar-refractivity contribution < 1.29 is 22.3 Å². The number of ether oxygens (including phenoxy) is 1. The van der Waals surface area contributed by atoms with Gasteiger partial charge in [0.05, 0.1) is 7.11 Å². The molecule has 1 aromatic rings. The molecule has 0 aliphatic carbocycles. The zero-order valence-electron chi connectivity index (χ0n) is 9.63. The highest BCUT2D eigenvalue weighted by atomic mass is 35.5. The van der Waals surface area contributed by atoms with Crippen molar-refractivity contribution in [1.82, 2.24) is 0 Å². The molecule has 1 aromatic carbocycles. The quantitative estimate of drug-likeness (QED) is 0.859. The minimum atomic E-state index is -4.25. The van der Waals surface area contributed by atoms with Gasteiger partial charge in [-0.3, -0.25) is 0 Å².